The molecule has 5 heteroatoms. The molecule has 0 saturated carbocycles. The van der Waals surface area contributed by atoms with Crippen molar-refractivity contribution in [3.63, 3.8) is 0 Å². The first-order valence-corrected chi connectivity index (χ1v) is 8.35. The first-order chi connectivity index (χ1) is 11.4. The molecule has 0 atom stereocenters. The highest BCUT2D eigenvalue weighted by molar-refractivity contribution is 5.37. The number of hydrogen-bond donors (Lipinski definition) is 2. The van der Waals surface area contributed by atoms with Crippen LogP contribution in [0.5, 0.6) is 0 Å². The molecule has 0 aliphatic carbocycles. The normalized spacial score (nSPS) is 16.3. The first kappa shape index (κ1) is 20.1. The van der Waals surface area contributed by atoms with Gasteiger partial charge in [-0.15, -0.1) is 0 Å². The highest BCUT2D eigenvalue weighted by Gasteiger charge is 2.33. The molecule has 1 heterocycles. The molecule has 0 radical (unpaired) electrons. The standard InChI is InChI=1S/C14H19N3.C5H10O2/c15-8-5-14(6-9-17-10-7-14)13-3-1-12(11-16)2-4-13;1-5(2,3)7-4-6/h1-4,17H,5-7,9-11,16H2;4H,1-3H3. The lowest BCUT2D eigenvalue weighted by Gasteiger charge is -2.36. The number of nitriles is 1. The lowest BCUT2D eigenvalue weighted by atomic mass is 9.71. The Morgan fingerprint density at radius 3 is 2.25 bits per heavy atom. The van der Waals surface area contributed by atoms with Gasteiger partial charge in [-0.05, 0) is 57.8 Å². The molecule has 0 aromatic heterocycles. The van der Waals surface area contributed by atoms with Gasteiger partial charge in [-0.1, -0.05) is 24.3 Å². The largest absolute Gasteiger partial charge is 0.462 e. The SMILES string of the molecule is CC(C)(C)OC=O.N#CCC1(c2ccc(CN)cc2)CCNCC1. The second-order valence-corrected chi connectivity index (χ2v) is 7.09. The van der Waals surface area contributed by atoms with Crippen molar-refractivity contribution >= 4 is 6.47 Å². The molecule has 24 heavy (non-hydrogen) atoms. The zero-order valence-electron chi connectivity index (χ0n) is 15.0. The molecule has 1 fully saturated rings. The summed E-state index contributed by atoms with van der Waals surface area (Å²) in [5.41, 5.74) is 7.78. The van der Waals surface area contributed by atoms with E-state index < -0.39 is 0 Å². The van der Waals surface area contributed by atoms with Gasteiger partial charge in [0.05, 0.1) is 6.07 Å². The van der Waals surface area contributed by atoms with Gasteiger partial charge < -0.3 is 15.8 Å². The van der Waals surface area contributed by atoms with Gasteiger partial charge in [-0.25, -0.2) is 0 Å². The smallest absolute Gasteiger partial charge is 0.293 e. The maximum Gasteiger partial charge on any atom is 0.293 e. The molecular weight excluding hydrogens is 302 g/mol. The second-order valence-electron chi connectivity index (χ2n) is 7.09. The van der Waals surface area contributed by atoms with Crippen LogP contribution in [0.25, 0.3) is 0 Å². The molecule has 1 aliphatic heterocycles. The van der Waals surface area contributed by atoms with E-state index in [0.29, 0.717) is 19.4 Å². The van der Waals surface area contributed by atoms with Gasteiger partial charge >= 0.3 is 0 Å². The van der Waals surface area contributed by atoms with Crippen molar-refractivity contribution in [3.8, 4) is 6.07 Å². The third-order valence-electron chi connectivity index (χ3n) is 4.18. The van der Waals surface area contributed by atoms with Crippen LogP contribution in [0, 0.1) is 11.3 Å². The fourth-order valence-electron chi connectivity index (χ4n) is 2.76. The van der Waals surface area contributed by atoms with Crippen molar-refractivity contribution in [3.05, 3.63) is 35.4 Å². The molecule has 1 aliphatic rings. The van der Waals surface area contributed by atoms with Crippen molar-refractivity contribution in [2.75, 3.05) is 13.1 Å². The van der Waals surface area contributed by atoms with Gasteiger partial charge in [0.15, 0.2) is 0 Å². The summed E-state index contributed by atoms with van der Waals surface area (Å²) in [4.78, 5) is 9.60. The number of carbonyl (C=O) groups excluding carboxylic acids is 1. The molecule has 1 aromatic carbocycles. The molecule has 0 amide bonds. The lowest BCUT2D eigenvalue weighted by molar-refractivity contribution is -0.138. The van der Waals surface area contributed by atoms with E-state index >= 15 is 0 Å². The highest BCUT2D eigenvalue weighted by Crippen LogP contribution is 2.36. The van der Waals surface area contributed by atoms with E-state index in [1.807, 2.05) is 20.8 Å². The molecule has 132 valence electrons. The van der Waals surface area contributed by atoms with Crippen LogP contribution in [0.3, 0.4) is 0 Å². The van der Waals surface area contributed by atoms with Gasteiger partial charge in [0.2, 0.25) is 0 Å². The van der Waals surface area contributed by atoms with Crippen LogP contribution in [0.4, 0.5) is 0 Å². The van der Waals surface area contributed by atoms with Crippen molar-refractivity contribution in [2.45, 2.75) is 57.6 Å². The van der Waals surface area contributed by atoms with Crippen LogP contribution in [-0.2, 0) is 21.5 Å². The van der Waals surface area contributed by atoms with Gasteiger partial charge in [-0.3, -0.25) is 4.79 Å². The molecule has 5 nitrogen and oxygen atoms in total. The van der Waals surface area contributed by atoms with Crippen molar-refractivity contribution in [1.82, 2.24) is 5.32 Å². The van der Waals surface area contributed by atoms with E-state index in [2.05, 4.69) is 40.4 Å². The van der Waals surface area contributed by atoms with E-state index in [1.54, 1.807) is 0 Å². The summed E-state index contributed by atoms with van der Waals surface area (Å²) < 4.78 is 4.55. The molecular formula is C19H29N3O2. The van der Waals surface area contributed by atoms with E-state index in [1.165, 1.54) is 5.56 Å². The predicted molar refractivity (Wildman–Crippen MR) is 95.2 cm³/mol. The van der Waals surface area contributed by atoms with Crippen LogP contribution >= 0.6 is 0 Å². The Balaban J connectivity index is 0.000000351. The maximum absolute atomic E-state index is 9.60. The van der Waals surface area contributed by atoms with Crippen molar-refractivity contribution in [1.29, 1.82) is 5.26 Å². The number of benzene rings is 1. The summed E-state index contributed by atoms with van der Waals surface area (Å²) in [6, 6.07) is 10.8. The Morgan fingerprint density at radius 2 is 1.88 bits per heavy atom. The Bertz CT molecular complexity index is 535. The second kappa shape index (κ2) is 9.41. The molecule has 1 aromatic rings. The summed E-state index contributed by atoms with van der Waals surface area (Å²) in [6.07, 6.45) is 2.70. The number of piperidine rings is 1. The van der Waals surface area contributed by atoms with Crippen LogP contribution in [0.15, 0.2) is 24.3 Å². The van der Waals surface area contributed by atoms with Crippen molar-refractivity contribution in [2.24, 2.45) is 5.73 Å². The topological polar surface area (TPSA) is 88.1 Å². The summed E-state index contributed by atoms with van der Waals surface area (Å²) in [6.45, 7) is 8.50. The molecule has 0 unspecified atom stereocenters. The Hall–Kier alpha value is -1.90. The molecule has 2 rings (SSSR count). The Morgan fingerprint density at radius 1 is 1.29 bits per heavy atom. The minimum absolute atomic E-state index is 0.0487. The maximum atomic E-state index is 9.60. The number of nitrogens with two attached hydrogens (primary N) is 1. The van der Waals surface area contributed by atoms with E-state index in [9.17, 15) is 4.79 Å². The monoisotopic (exact) mass is 331 g/mol. The Labute approximate surface area is 145 Å². The fraction of sp³-hybridized carbons (Fsp3) is 0.579. The number of hydrogen-bond acceptors (Lipinski definition) is 5. The van der Waals surface area contributed by atoms with Gasteiger partial charge in [0, 0.05) is 18.4 Å². The van der Waals surface area contributed by atoms with Gasteiger partial charge in [0.25, 0.3) is 6.47 Å². The summed E-state index contributed by atoms with van der Waals surface area (Å²) in [5, 5.41) is 12.4. The van der Waals surface area contributed by atoms with Crippen LogP contribution in [-0.4, -0.2) is 25.2 Å². The number of ether oxygens (including phenoxy) is 1. The average Bonchev–Trinajstić information content (AvgIpc) is 2.55. The zero-order chi connectivity index (χ0) is 18.1. The summed E-state index contributed by atoms with van der Waals surface area (Å²) in [5.74, 6) is 0. The number of rotatable bonds is 4. The third-order valence-corrected chi connectivity index (χ3v) is 4.18. The molecule has 0 spiro atoms. The summed E-state index contributed by atoms with van der Waals surface area (Å²) in [7, 11) is 0. The Kier molecular flexibility index (Phi) is 7.90. The zero-order valence-corrected chi connectivity index (χ0v) is 15.0. The molecule has 1 saturated heterocycles. The fourth-order valence-corrected chi connectivity index (χ4v) is 2.76. The van der Waals surface area contributed by atoms with Gasteiger partial charge in [0.1, 0.15) is 5.60 Å². The van der Waals surface area contributed by atoms with Crippen molar-refractivity contribution < 1.29 is 9.53 Å². The minimum Gasteiger partial charge on any atom is -0.462 e. The predicted octanol–water partition coefficient (Wildman–Crippen LogP) is 2.64. The first-order valence-electron chi connectivity index (χ1n) is 8.35. The molecule has 0 bridgehead atoms. The lowest BCUT2D eigenvalue weighted by Crippen LogP contribution is -2.39. The summed E-state index contributed by atoms with van der Waals surface area (Å²) >= 11 is 0. The number of nitrogens with one attached hydrogen (secondary N) is 1. The number of carbonyl (C=O) groups is 1. The van der Waals surface area contributed by atoms with E-state index in [4.69, 9.17) is 11.0 Å². The van der Waals surface area contributed by atoms with E-state index in [0.717, 1.165) is 31.5 Å². The van der Waals surface area contributed by atoms with E-state index in [-0.39, 0.29) is 11.0 Å². The average molecular weight is 331 g/mol. The third kappa shape index (κ3) is 6.31. The minimum atomic E-state index is -0.318. The van der Waals surface area contributed by atoms with Crippen LogP contribution in [0.2, 0.25) is 0 Å². The van der Waals surface area contributed by atoms with Crippen LogP contribution in [0.1, 0.15) is 51.2 Å². The molecule has 3 N–H and O–H groups in total. The highest BCUT2D eigenvalue weighted by atomic mass is 16.5. The van der Waals surface area contributed by atoms with Crippen LogP contribution < -0.4 is 11.1 Å². The quantitative estimate of drug-likeness (QED) is 0.828. The van der Waals surface area contributed by atoms with Gasteiger partial charge in [-0.2, -0.15) is 5.26 Å². The number of nitrogens with zero attached hydrogens (tertiary/aromatic N) is 1.